The van der Waals surface area contributed by atoms with E-state index in [1.165, 1.54) is 4.90 Å². The zero-order valence-corrected chi connectivity index (χ0v) is 10.8. The van der Waals surface area contributed by atoms with Crippen LogP contribution in [-0.2, 0) is 9.59 Å². The summed E-state index contributed by atoms with van der Waals surface area (Å²) in [7, 11) is 1.58. The minimum absolute atomic E-state index is 0.0117. The zero-order chi connectivity index (χ0) is 12.3. The number of thioether (sulfide) groups is 1. The van der Waals surface area contributed by atoms with Crippen LogP contribution in [0.4, 0.5) is 0 Å². The van der Waals surface area contributed by atoms with Crippen molar-refractivity contribution in [3.63, 3.8) is 0 Å². The fourth-order valence-corrected chi connectivity index (χ4v) is 2.76. The van der Waals surface area contributed by atoms with Crippen LogP contribution in [0.5, 0.6) is 0 Å². The summed E-state index contributed by atoms with van der Waals surface area (Å²) >= 11 is 1.77. The van der Waals surface area contributed by atoms with Gasteiger partial charge in [0, 0.05) is 18.7 Å². The summed E-state index contributed by atoms with van der Waals surface area (Å²) in [6.07, 6.45) is 1.92. The normalized spacial score (nSPS) is 21.6. The molecule has 1 aliphatic heterocycles. The second-order valence-corrected chi connectivity index (χ2v) is 5.83. The molecule has 0 saturated carbocycles. The molecule has 1 fully saturated rings. The Kier molecular flexibility index (Phi) is 4.24. The first-order valence-corrected chi connectivity index (χ1v) is 6.61. The number of amides is 1. The minimum Gasteiger partial charge on any atom is -0.480 e. The molecule has 1 N–H and O–H groups in total. The third-order valence-corrected chi connectivity index (χ3v) is 4.42. The van der Waals surface area contributed by atoms with Crippen LogP contribution in [0.3, 0.4) is 0 Å². The van der Waals surface area contributed by atoms with Gasteiger partial charge in [-0.15, -0.1) is 0 Å². The third kappa shape index (κ3) is 2.70. The van der Waals surface area contributed by atoms with E-state index in [2.05, 4.69) is 0 Å². The standard InChI is InChI=1S/C11H19NO3S/c1-11(2,10(14)15)12(3)9(13)8-5-4-6-16-7-8/h8H,4-7H2,1-3H3,(H,14,15). The Balaban J connectivity index is 2.69. The number of aliphatic carboxylic acids is 1. The van der Waals surface area contributed by atoms with Crippen LogP contribution >= 0.6 is 11.8 Å². The molecule has 1 rings (SSSR count). The molecule has 4 nitrogen and oxygen atoms in total. The maximum Gasteiger partial charge on any atom is 0.329 e. The molecule has 0 radical (unpaired) electrons. The predicted octanol–water partition coefficient (Wildman–Crippen LogP) is 1.45. The first-order chi connectivity index (χ1) is 7.37. The first-order valence-electron chi connectivity index (χ1n) is 5.46. The maximum atomic E-state index is 12.1. The van der Waals surface area contributed by atoms with E-state index in [1.54, 1.807) is 32.7 Å². The van der Waals surface area contributed by atoms with E-state index in [1.807, 2.05) is 0 Å². The van der Waals surface area contributed by atoms with Crippen LogP contribution in [0.25, 0.3) is 0 Å². The van der Waals surface area contributed by atoms with Crippen LogP contribution in [0.2, 0.25) is 0 Å². The molecule has 0 spiro atoms. The van der Waals surface area contributed by atoms with Crippen molar-refractivity contribution in [2.75, 3.05) is 18.6 Å². The Hall–Kier alpha value is -0.710. The second-order valence-electron chi connectivity index (χ2n) is 4.68. The van der Waals surface area contributed by atoms with Crippen molar-refractivity contribution in [1.29, 1.82) is 0 Å². The van der Waals surface area contributed by atoms with Gasteiger partial charge in [0.15, 0.2) is 0 Å². The van der Waals surface area contributed by atoms with Crippen molar-refractivity contribution in [1.82, 2.24) is 4.90 Å². The molecule has 1 unspecified atom stereocenters. The van der Waals surface area contributed by atoms with Crippen molar-refractivity contribution in [2.45, 2.75) is 32.2 Å². The molecule has 0 aromatic carbocycles. The predicted molar refractivity (Wildman–Crippen MR) is 64.5 cm³/mol. The lowest BCUT2D eigenvalue weighted by Gasteiger charge is -2.35. The molecule has 1 heterocycles. The quantitative estimate of drug-likeness (QED) is 0.817. The van der Waals surface area contributed by atoms with Crippen LogP contribution in [0.1, 0.15) is 26.7 Å². The molecule has 1 atom stereocenters. The molecule has 16 heavy (non-hydrogen) atoms. The average molecular weight is 245 g/mol. The van der Waals surface area contributed by atoms with E-state index in [4.69, 9.17) is 5.11 Å². The van der Waals surface area contributed by atoms with Crippen LogP contribution in [-0.4, -0.2) is 46.0 Å². The lowest BCUT2D eigenvalue weighted by atomic mass is 9.98. The minimum atomic E-state index is -1.13. The monoisotopic (exact) mass is 245 g/mol. The van der Waals surface area contributed by atoms with Crippen LogP contribution < -0.4 is 0 Å². The van der Waals surface area contributed by atoms with Gasteiger partial charge >= 0.3 is 5.97 Å². The summed E-state index contributed by atoms with van der Waals surface area (Å²) in [5, 5.41) is 9.06. The summed E-state index contributed by atoms with van der Waals surface area (Å²) in [5.74, 6) is 0.906. The van der Waals surface area contributed by atoms with E-state index < -0.39 is 11.5 Å². The number of nitrogens with zero attached hydrogens (tertiary/aromatic N) is 1. The van der Waals surface area contributed by atoms with Crippen molar-refractivity contribution < 1.29 is 14.7 Å². The lowest BCUT2D eigenvalue weighted by molar-refractivity contribution is -0.156. The Morgan fingerprint density at radius 1 is 1.44 bits per heavy atom. The van der Waals surface area contributed by atoms with Gasteiger partial charge in [-0.1, -0.05) is 0 Å². The van der Waals surface area contributed by atoms with Gasteiger partial charge in [-0.05, 0) is 32.4 Å². The third-order valence-electron chi connectivity index (χ3n) is 3.20. The highest BCUT2D eigenvalue weighted by atomic mass is 32.2. The fraction of sp³-hybridized carbons (Fsp3) is 0.818. The first kappa shape index (κ1) is 13.4. The molecule has 5 heteroatoms. The van der Waals surface area contributed by atoms with E-state index in [0.717, 1.165) is 24.3 Å². The lowest BCUT2D eigenvalue weighted by Crippen LogP contribution is -2.53. The maximum absolute atomic E-state index is 12.1. The van der Waals surface area contributed by atoms with E-state index in [-0.39, 0.29) is 11.8 Å². The van der Waals surface area contributed by atoms with E-state index in [9.17, 15) is 9.59 Å². The van der Waals surface area contributed by atoms with Gasteiger partial charge in [0.25, 0.3) is 0 Å². The van der Waals surface area contributed by atoms with Crippen molar-refractivity contribution in [2.24, 2.45) is 5.92 Å². The van der Waals surface area contributed by atoms with Gasteiger partial charge < -0.3 is 10.0 Å². The van der Waals surface area contributed by atoms with Gasteiger partial charge in [-0.25, -0.2) is 4.79 Å². The Labute approximate surface area is 100 Å². The van der Waals surface area contributed by atoms with Gasteiger partial charge in [-0.3, -0.25) is 4.79 Å². The van der Waals surface area contributed by atoms with Gasteiger partial charge in [0.1, 0.15) is 5.54 Å². The summed E-state index contributed by atoms with van der Waals surface area (Å²) in [5.41, 5.74) is -1.13. The Morgan fingerprint density at radius 2 is 2.06 bits per heavy atom. The number of carbonyl (C=O) groups excluding carboxylic acids is 1. The SMILES string of the molecule is CN(C(=O)C1CCCSC1)C(C)(C)C(=O)O. The molecule has 1 saturated heterocycles. The van der Waals surface area contributed by atoms with E-state index in [0.29, 0.717) is 0 Å². The second kappa shape index (κ2) is 5.08. The number of likely N-dealkylation sites (N-methyl/N-ethyl adjacent to an activating group) is 1. The summed E-state index contributed by atoms with van der Waals surface area (Å²) in [6.45, 7) is 3.12. The van der Waals surface area contributed by atoms with Gasteiger partial charge in [0.05, 0.1) is 0 Å². The van der Waals surface area contributed by atoms with Crippen LogP contribution in [0.15, 0.2) is 0 Å². The average Bonchev–Trinajstić information content (AvgIpc) is 2.28. The highest BCUT2D eigenvalue weighted by Gasteiger charge is 2.38. The van der Waals surface area contributed by atoms with Crippen LogP contribution in [0, 0.1) is 5.92 Å². The number of hydrogen-bond donors (Lipinski definition) is 1. The Morgan fingerprint density at radius 3 is 2.50 bits per heavy atom. The molecule has 92 valence electrons. The molecule has 1 amide bonds. The molecule has 0 aromatic rings. The Bertz CT molecular complexity index is 285. The summed E-state index contributed by atoms with van der Waals surface area (Å²) in [6, 6.07) is 0. The van der Waals surface area contributed by atoms with Gasteiger partial charge in [0.2, 0.25) is 5.91 Å². The molecule has 0 aromatic heterocycles. The largest absolute Gasteiger partial charge is 0.480 e. The number of carboxylic acid groups (broad SMARTS) is 1. The molecular formula is C11H19NO3S. The highest BCUT2D eigenvalue weighted by Crippen LogP contribution is 2.26. The molecule has 1 aliphatic rings. The van der Waals surface area contributed by atoms with Crippen molar-refractivity contribution in [3.05, 3.63) is 0 Å². The van der Waals surface area contributed by atoms with Crippen molar-refractivity contribution >= 4 is 23.6 Å². The fourth-order valence-electron chi connectivity index (χ4n) is 1.63. The molecular weight excluding hydrogens is 226 g/mol. The smallest absolute Gasteiger partial charge is 0.329 e. The number of carbonyl (C=O) groups is 2. The van der Waals surface area contributed by atoms with Crippen molar-refractivity contribution in [3.8, 4) is 0 Å². The number of hydrogen-bond acceptors (Lipinski definition) is 3. The highest BCUT2D eigenvalue weighted by molar-refractivity contribution is 7.99. The number of carboxylic acids is 1. The summed E-state index contributed by atoms with van der Waals surface area (Å²) < 4.78 is 0. The summed E-state index contributed by atoms with van der Waals surface area (Å²) in [4.78, 5) is 24.5. The molecule has 0 bridgehead atoms. The molecule has 0 aliphatic carbocycles. The zero-order valence-electron chi connectivity index (χ0n) is 10.0. The van der Waals surface area contributed by atoms with Gasteiger partial charge in [-0.2, -0.15) is 11.8 Å². The number of rotatable bonds is 3. The topological polar surface area (TPSA) is 57.6 Å². The van der Waals surface area contributed by atoms with E-state index >= 15 is 0 Å².